The van der Waals surface area contributed by atoms with Crippen molar-refractivity contribution >= 4 is 15.9 Å². The highest BCUT2D eigenvalue weighted by molar-refractivity contribution is 7.89. The summed E-state index contributed by atoms with van der Waals surface area (Å²) in [6, 6.07) is 2.00. The Morgan fingerprint density at radius 3 is 2.52 bits per heavy atom. The van der Waals surface area contributed by atoms with Crippen LogP contribution in [0.4, 0.5) is 4.39 Å². The molecule has 21 heavy (non-hydrogen) atoms. The zero-order valence-electron chi connectivity index (χ0n) is 12.2. The van der Waals surface area contributed by atoms with Crippen LogP contribution in [0.2, 0.25) is 0 Å². The molecular formula is C14H19FN2O3S. The van der Waals surface area contributed by atoms with E-state index in [-0.39, 0.29) is 21.4 Å². The van der Waals surface area contributed by atoms with Crippen molar-refractivity contribution in [2.75, 3.05) is 6.54 Å². The van der Waals surface area contributed by atoms with Crippen molar-refractivity contribution in [3.05, 3.63) is 29.1 Å². The molecule has 1 unspecified atom stereocenters. The number of nitrogens with one attached hydrogen (secondary N) is 1. The molecule has 1 amide bonds. The van der Waals surface area contributed by atoms with E-state index in [1.165, 1.54) is 6.92 Å². The lowest BCUT2D eigenvalue weighted by Crippen LogP contribution is -2.28. The second-order valence-corrected chi connectivity index (χ2v) is 7.77. The van der Waals surface area contributed by atoms with E-state index < -0.39 is 21.7 Å². The Morgan fingerprint density at radius 1 is 1.48 bits per heavy atom. The van der Waals surface area contributed by atoms with E-state index in [0.717, 1.165) is 18.6 Å². The van der Waals surface area contributed by atoms with Crippen LogP contribution in [0.3, 0.4) is 0 Å². The Morgan fingerprint density at radius 2 is 2.05 bits per heavy atom. The Bertz CT molecular complexity index is 698. The lowest BCUT2D eigenvalue weighted by molar-refractivity contribution is 0.0946. The van der Waals surface area contributed by atoms with Gasteiger partial charge in [0.05, 0.1) is 10.5 Å². The van der Waals surface area contributed by atoms with Crippen molar-refractivity contribution in [2.45, 2.75) is 32.1 Å². The molecule has 3 N–H and O–H groups in total. The summed E-state index contributed by atoms with van der Waals surface area (Å²) in [5.74, 6) is -1.01. The molecule has 0 spiro atoms. The van der Waals surface area contributed by atoms with Gasteiger partial charge in [0.2, 0.25) is 10.0 Å². The fraction of sp³-hybridized carbons (Fsp3) is 0.500. The van der Waals surface area contributed by atoms with Crippen LogP contribution in [0, 0.1) is 24.1 Å². The van der Waals surface area contributed by atoms with E-state index in [1.54, 1.807) is 0 Å². The smallest absolute Gasteiger partial charge is 0.254 e. The van der Waals surface area contributed by atoms with Crippen LogP contribution >= 0.6 is 0 Å². The number of sulfonamides is 1. The van der Waals surface area contributed by atoms with Crippen LogP contribution in [-0.4, -0.2) is 20.9 Å². The van der Waals surface area contributed by atoms with Gasteiger partial charge in [-0.3, -0.25) is 4.79 Å². The number of nitrogens with two attached hydrogens (primary N) is 1. The summed E-state index contributed by atoms with van der Waals surface area (Å²) in [7, 11) is -3.99. The van der Waals surface area contributed by atoms with Crippen LogP contribution in [0.25, 0.3) is 0 Å². The lowest BCUT2D eigenvalue weighted by atomic mass is 10.1. The molecule has 0 saturated heterocycles. The molecule has 2 rings (SSSR count). The Balaban J connectivity index is 2.21. The number of benzene rings is 1. The largest absolute Gasteiger partial charge is 0.352 e. The van der Waals surface area contributed by atoms with Crippen molar-refractivity contribution in [1.29, 1.82) is 0 Å². The van der Waals surface area contributed by atoms with Crippen molar-refractivity contribution in [3.63, 3.8) is 0 Å². The van der Waals surface area contributed by atoms with Crippen LogP contribution in [0.15, 0.2) is 17.0 Å². The van der Waals surface area contributed by atoms with Crippen molar-refractivity contribution < 1.29 is 17.6 Å². The number of amides is 1. The van der Waals surface area contributed by atoms with Crippen molar-refractivity contribution in [3.8, 4) is 0 Å². The molecule has 0 heterocycles. The number of hydrogen-bond donors (Lipinski definition) is 2. The SMILES string of the molecule is Cc1cc(F)c(C(=O)NCC2CC2(C)C)cc1S(N)(=O)=O. The van der Waals surface area contributed by atoms with E-state index in [9.17, 15) is 17.6 Å². The van der Waals surface area contributed by atoms with Crippen LogP contribution in [0.1, 0.15) is 36.2 Å². The van der Waals surface area contributed by atoms with Gasteiger partial charge in [-0.25, -0.2) is 17.9 Å². The van der Waals surface area contributed by atoms with E-state index in [4.69, 9.17) is 5.14 Å². The highest BCUT2D eigenvalue weighted by Crippen LogP contribution is 2.50. The minimum atomic E-state index is -3.99. The monoisotopic (exact) mass is 314 g/mol. The quantitative estimate of drug-likeness (QED) is 0.883. The van der Waals surface area contributed by atoms with Crippen molar-refractivity contribution in [2.24, 2.45) is 16.5 Å². The number of hydrogen-bond acceptors (Lipinski definition) is 3. The van der Waals surface area contributed by atoms with Gasteiger partial charge in [0.15, 0.2) is 0 Å². The van der Waals surface area contributed by atoms with Gasteiger partial charge < -0.3 is 5.32 Å². The van der Waals surface area contributed by atoms with E-state index in [2.05, 4.69) is 19.2 Å². The van der Waals surface area contributed by atoms with E-state index in [1.807, 2.05) is 0 Å². The lowest BCUT2D eigenvalue weighted by Gasteiger charge is -2.10. The first-order valence-electron chi connectivity index (χ1n) is 6.63. The van der Waals surface area contributed by atoms with Crippen LogP contribution in [0.5, 0.6) is 0 Å². The molecule has 1 aliphatic rings. The summed E-state index contributed by atoms with van der Waals surface area (Å²) in [6.45, 7) is 6.06. The number of aryl methyl sites for hydroxylation is 1. The molecule has 7 heteroatoms. The summed E-state index contributed by atoms with van der Waals surface area (Å²) in [4.78, 5) is 11.8. The van der Waals surface area contributed by atoms with Gasteiger partial charge in [-0.15, -0.1) is 0 Å². The maximum absolute atomic E-state index is 13.9. The molecule has 0 aromatic heterocycles. The van der Waals surface area contributed by atoms with Gasteiger partial charge in [-0.2, -0.15) is 0 Å². The fourth-order valence-corrected chi connectivity index (χ4v) is 3.16. The molecule has 1 fully saturated rings. The standard InChI is InChI=1S/C14H19FN2O3S/c1-8-4-11(15)10(5-12(8)21(16,19)20)13(18)17-7-9-6-14(9,2)3/h4-5,9H,6-7H2,1-3H3,(H,17,18)(H2,16,19,20). The molecule has 0 aliphatic heterocycles. The van der Waals surface area contributed by atoms with Gasteiger partial charge in [0.1, 0.15) is 5.82 Å². The minimum Gasteiger partial charge on any atom is -0.352 e. The third-order valence-electron chi connectivity index (χ3n) is 4.04. The molecule has 1 aromatic carbocycles. The molecule has 1 saturated carbocycles. The predicted octanol–water partition coefficient (Wildman–Crippen LogP) is 1.56. The summed E-state index contributed by atoms with van der Waals surface area (Å²) in [5.41, 5.74) is 0.0724. The second kappa shape index (κ2) is 5.06. The number of carbonyl (C=O) groups is 1. The first-order valence-corrected chi connectivity index (χ1v) is 8.18. The third kappa shape index (κ3) is 3.41. The van der Waals surface area contributed by atoms with Crippen LogP contribution < -0.4 is 10.5 Å². The predicted molar refractivity (Wildman–Crippen MR) is 76.7 cm³/mol. The first-order chi connectivity index (χ1) is 9.52. The maximum Gasteiger partial charge on any atom is 0.254 e. The van der Waals surface area contributed by atoms with Gasteiger partial charge >= 0.3 is 0 Å². The van der Waals surface area contributed by atoms with Crippen LogP contribution in [-0.2, 0) is 10.0 Å². The normalized spacial score (nSPS) is 20.1. The highest BCUT2D eigenvalue weighted by atomic mass is 32.2. The molecule has 116 valence electrons. The summed E-state index contributed by atoms with van der Waals surface area (Å²) >= 11 is 0. The van der Waals surface area contributed by atoms with Gasteiger partial charge in [-0.1, -0.05) is 13.8 Å². The summed E-state index contributed by atoms with van der Waals surface area (Å²) in [6.07, 6.45) is 1.01. The Labute approximate surface area is 123 Å². The minimum absolute atomic E-state index is 0.176. The van der Waals surface area contributed by atoms with E-state index in [0.29, 0.717) is 12.5 Å². The zero-order valence-corrected chi connectivity index (χ0v) is 13.1. The molecule has 1 aliphatic carbocycles. The third-order valence-corrected chi connectivity index (χ3v) is 5.10. The second-order valence-electron chi connectivity index (χ2n) is 6.24. The van der Waals surface area contributed by atoms with Gasteiger partial charge in [-0.05, 0) is 42.4 Å². The molecule has 1 aromatic rings. The molecular weight excluding hydrogens is 295 g/mol. The number of carbonyl (C=O) groups excluding carboxylic acids is 1. The summed E-state index contributed by atoms with van der Waals surface area (Å²) in [5, 5.41) is 7.70. The molecule has 0 radical (unpaired) electrons. The number of rotatable bonds is 4. The molecule has 1 atom stereocenters. The summed E-state index contributed by atoms with van der Waals surface area (Å²) < 4.78 is 36.7. The molecule has 0 bridgehead atoms. The maximum atomic E-state index is 13.9. The average molecular weight is 314 g/mol. The van der Waals surface area contributed by atoms with Crippen molar-refractivity contribution in [1.82, 2.24) is 5.32 Å². The topological polar surface area (TPSA) is 89.3 Å². The van der Waals surface area contributed by atoms with Gasteiger partial charge in [0, 0.05) is 6.54 Å². The Kier molecular flexibility index (Phi) is 3.84. The zero-order chi connectivity index (χ0) is 16.0. The first kappa shape index (κ1) is 15.9. The molecule has 5 nitrogen and oxygen atoms in total. The number of halogens is 1. The highest BCUT2D eigenvalue weighted by Gasteiger charge is 2.45. The number of primary sulfonamides is 1. The van der Waals surface area contributed by atoms with Gasteiger partial charge in [0.25, 0.3) is 5.91 Å². The average Bonchev–Trinajstić information content (AvgIpc) is 2.92. The fourth-order valence-electron chi connectivity index (χ4n) is 2.37. The van der Waals surface area contributed by atoms with E-state index >= 15 is 0 Å². The Hall–Kier alpha value is -1.47.